The molecule has 0 radical (unpaired) electrons. The Balaban J connectivity index is 1.96. The number of primary sulfonamides is 1. The molecule has 0 fully saturated rings. The molecule has 0 aliphatic carbocycles. The summed E-state index contributed by atoms with van der Waals surface area (Å²) in [6.07, 6.45) is 0. The van der Waals surface area contributed by atoms with Crippen molar-refractivity contribution in [1.82, 2.24) is 5.32 Å². The average Bonchev–Trinajstić information content (AvgIpc) is 2.86. The van der Waals surface area contributed by atoms with Gasteiger partial charge in [-0.1, -0.05) is 12.1 Å². The number of thiophene rings is 1. The molecule has 0 unspecified atom stereocenters. The molecule has 104 valence electrons. The summed E-state index contributed by atoms with van der Waals surface area (Å²) in [6, 6.07) is 12.3. The number of rotatable bonds is 5. The number of hydrogen-bond acceptors (Lipinski definition) is 5. The lowest BCUT2D eigenvalue weighted by Crippen LogP contribution is -2.14. The van der Waals surface area contributed by atoms with E-state index in [4.69, 9.17) is 10.4 Å². The lowest BCUT2D eigenvalue weighted by atomic mass is 10.2. The number of nitriles is 1. The summed E-state index contributed by atoms with van der Waals surface area (Å²) in [7, 11) is -3.66. The smallest absolute Gasteiger partial charge is 0.238 e. The van der Waals surface area contributed by atoms with Crippen LogP contribution in [0.5, 0.6) is 0 Å². The van der Waals surface area contributed by atoms with Crippen molar-refractivity contribution >= 4 is 21.4 Å². The Hall–Kier alpha value is -1.72. The van der Waals surface area contributed by atoms with Crippen molar-refractivity contribution in [3.8, 4) is 6.07 Å². The minimum absolute atomic E-state index is 0.111. The van der Waals surface area contributed by atoms with E-state index in [-0.39, 0.29) is 4.90 Å². The van der Waals surface area contributed by atoms with Gasteiger partial charge in [-0.3, -0.25) is 0 Å². The number of nitrogens with zero attached hydrogens (tertiary/aromatic N) is 1. The van der Waals surface area contributed by atoms with Crippen LogP contribution in [0.2, 0.25) is 0 Å². The van der Waals surface area contributed by atoms with Crippen LogP contribution in [0.1, 0.15) is 15.3 Å². The normalized spacial score (nSPS) is 11.2. The van der Waals surface area contributed by atoms with Gasteiger partial charge < -0.3 is 5.32 Å². The van der Waals surface area contributed by atoms with E-state index in [2.05, 4.69) is 11.4 Å². The maximum Gasteiger partial charge on any atom is 0.238 e. The van der Waals surface area contributed by atoms with Gasteiger partial charge in [0.25, 0.3) is 0 Å². The fourth-order valence-electron chi connectivity index (χ4n) is 1.70. The van der Waals surface area contributed by atoms with Crippen LogP contribution >= 0.6 is 11.3 Å². The third kappa shape index (κ3) is 3.88. The molecule has 0 amide bonds. The quantitative estimate of drug-likeness (QED) is 0.876. The van der Waals surface area contributed by atoms with Crippen molar-refractivity contribution in [2.45, 2.75) is 18.0 Å². The summed E-state index contributed by atoms with van der Waals surface area (Å²) in [5, 5.41) is 17.0. The molecule has 0 aliphatic rings. The zero-order valence-corrected chi connectivity index (χ0v) is 12.2. The number of hydrogen-bond donors (Lipinski definition) is 2. The standard InChI is InChI=1S/C13H13N3O2S2/c14-7-11-4-5-12(19-11)9-16-8-10-2-1-3-13(6-10)20(15,17)18/h1-6,16H,8-9H2,(H2,15,17,18). The zero-order chi connectivity index (χ0) is 14.6. The highest BCUT2D eigenvalue weighted by molar-refractivity contribution is 7.89. The third-order valence-corrected chi connectivity index (χ3v) is 4.53. The molecule has 0 aliphatic heterocycles. The van der Waals surface area contributed by atoms with Gasteiger partial charge >= 0.3 is 0 Å². The SMILES string of the molecule is N#Cc1ccc(CNCc2cccc(S(N)(=O)=O)c2)s1. The van der Waals surface area contributed by atoms with E-state index in [1.54, 1.807) is 18.2 Å². The molecule has 5 nitrogen and oxygen atoms in total. The Kier molecular flexibility index (Phi) is 4.52. The molecule has 0 saturated heterocycles. The fourth-order valence-corrected chi connectivity index (χ4v) is 3.05. The van der Waals surface area contributed by atoms with E-state index in [0.717, 1.165) is 10.4 Å². The van der Waals surface area contributed by atoms with Gasteiger partial charge in [0, 0.05) is 18.0 Å². The lowest BCUT2D eigenvalue weighted by Gasteiger charge is -2.05. The highest BCUT2D eigenvalue weighted by Crippen LogP contribution is 2.15. The van der Waals surface area contributed by atoms with Crippen LogP contribution in [0, 0.1) is 11.3 Å². The Morgan fingerprint density at radius 2 is 2.05 bits per heavy atom. The van der Waals surface area contributed by atoms with Crippen molar-refractivity contribution in [3.63, 3.8) is 0 Å². The summed E-state index contributed by atoms with van der Waals surface area (Å²) in [4.78, 5) is 1.85. The molecule has 2 aromatic rings. The van der Waals surface area contributed by atoms with E-state index in [9.17, 15) is 8.42 Å². The molecule has 0 atom stereocenters. The highest BCUT2D eigenvalue weighted by Gasteiger charge is 2.07. The summed E-state index contributed by atoms with van der Waals surface area (Å²) in [5.41, 5.74) is 0.841. The van der Waals surface area contributed by atoms with Crippen LogP contribution in [0.15, 0.2) is 41.3 Å². The maximum absolute atomic E-state index is 11.2. The van der Waals surface area contributed by atoms with Gasteiger partial charge in [0.05, 0.1) is 4.90 Å². The van der Waals surface area contributed by atoms with Gasteiger partial charge in [0.1, 0.15) is 10.9 Å². The Labute approximate surface area is 121 Å². The van der Waals surface area contributed by atoms with Crippen LogP contribution in [0.4, 0.5) is 0 Å². The van der Waals surface area contributed by atoms with E-state index in [1.165, 1.54) is 17.4 Å². The van der Waals surface area contributed by atoms with Gasteiger partial charge in [0.15, 0.2) is 0 Å². The Morgan fingerprint density at radius 1 is 1.25 bits per heavy atom. The van der Waals surface area contributed by atoms with Crippen molar-refractivity contribution in [2.24, 2.45) is 5.14 Å². The molecule has 1 aromatic heterocycles. The number of nitrogens with one attached hydrogen (secondary N) is 1. The topological polar surface area (TPSA) is 96.0 Å². The predicted molar refractivity (Wildman–Crippen MR) is 77.4 cm³/mol. The maximum atomic E-state index is 11.2. The zero-order valence-electron chi connectivity index (χ0n) is 10.5. The van der Waals surface area contributed by atoms with Gasteiger partial charge in [-0.15, -0.1) is 11.3 Å². The van der Waals surface area contributed by atoms with Gasteiger partial charge in [-0.2, -0.15) is 5.26 Å². The molecule has 0 bridgehead atoms. The van der Waals surface area contributed by atoms with Crippen molar-refractivity contribution in [1.29, 1.82) is 5.26 Å². The Bertz CT molecular complexity index is 745. The first-order valence-electron chi connectivity index (χ1n) is 5.80. The second kappa shape index (κ2) is 6.15. The molecular weight excluding hydrogens is 294 g/mol. The first-order chi connectivity index (χ1) is 9.49. The van der Waals surface area contributed by atoms with Crippen molar-refractivity contribution in [2.75, 3.05) is 0 Å². The second-order valence-corrected chi connectivity index (χ2v) is 6.90. The summed E-state index contributed by atoms with van der Waals surface area (Å²) in [6.45, 7) is 1.16. The van der Waals surface area contributed by atoms with E-state index < -0.39 is 10.0 Å². The van der Waals surface area contributed by atoms with Crippen molar-refractivity contribution in [3.05, 3.63) is 51.7 Å². The van der Waals surface area contributed by atoms with Crippen LogP contribution in [-0.2, 0) is 23.1 Å². The molecule has 1 heterocycles. The monoisotopic (exact) mass is 307 g/mol. The minimum atomic E-state index is -3.66. The Morgan fingerprint density at radius 3 is 2.70 bits per heavy atom. The third-order valence-electron chi connectivity index (χ3n) is 2.63. The summed E-state index contributed by atoms with van der Waals surface area (Å²) in [5.74, 6) is 0. The van der Waals surface area contributed by atoms with Gasteiger partial charge in [0.2, 0.25) is 10.0 Å². The first-order valence-corrected chi connectivity index (χ1v) is 8.16. The molecule has 1 aromatic carbocycles. The van der Waals surface area contributed by atoms with Crippen molar-refractivity contribution < 1.29 is 8.42 Å². The molecule has 3 N–H and O–H groups in total. The van der Waals surface area contributed by atoms with E-state index >= 15 is 0 Å². The molecule has 7 heteroatoms. The largest absolute Gasteiger partial charge is 0.308 e. The van der Waals surface area contributed by atoms with Gasteiger partial charge in [-0.25, -0.2) is 13.6 Å². The highest BCUT2D eigenvalue weighted by atomic mass is 32.2. The lowest BCUT2D eigenvalue weighted by molar-refractivity contribution is 0.597. The van der Waals surface area contributed by atoms with Crippen LogP contribution in [0.3, 0.4) is 0 Å². The van der Waals surface area contributed by atoms with E-state index in [1.807, 2.05) is 12.1 Å². The average molecular weight is 307 g/mol. The molecule has 0 saturated carbocycles. The summed E-state index contributed by atoms with van der Waals surface area (Å²) >= 11 is 1.44. The van der Waals surface area contributed by atoms with E-state index in [0.29, 0.717) is 18.0 Å². The minimum Gasteiger partial charge on any atom is -0.308 e. The number of sulfonamides is 1. The predicted octanol–water partition coefficient (Wildman–Crippen LogP) is 1.56. The number of nitrogens with two attached hydrogens (primary N) is 1. The van der Waals surface area contributed by atoms with Gasteiger partial charge in [-0.05, 0) is 29.8 Å². The molecule has 2 rings (SSSR count). The van der Waals surface area contributed by atoms with Crippen LogP contribution in [0.25, 0.3) is 0 Å². The summed E-state index contributed by atoms with van der Waals surface area (Å²) < 4.78 is 22.5. The van der Waals surface area contributed by atoms with Crippen LogP contribution < -0.4 is 10.5 Å². The fraction of sp³-hybridized carbons (Fsp3) is 0.154. The molecule has 20 heavy (non-hydrogen) atoms. The first kappa shape index (κ1) is 14.7. The second-order valence-electron chi connectivity index (χ2n) is 4.17. The molecule has 0 spiro atoms. The molecular formula is C13H13N3O2S2. The number of benzene rings is 1. The van der Waals surface area contributed by atoms with Crippen LogP contribution in [-0.4, -0.2) is 8.42 Å².